The topological polar surface area (TPSA) is 61.4 Å². The first-order valence-electron chi connectivity index (χ1n) is 6.21. The highest BCUT2D eigenvalue weighted by Crippen LogP contribution is 2.14. The number of amides is 2. The molecule has 0 aliphatic carbocycles. The summed E-state index contributed by atoms with van der Waals surface area (Å²) in [5.41, 5.74) is 1.98. The quantitative estimate of drug-likeness (QED) is 0.745. The van der Waals surface area contributed by atoms with Crippen LogP contribution in [0.2, 0.25) is 5.02 Å². The second kappa shape index (κ2) is 7.34. The van der Waals surface area contributed by atoms with E-state index in [1.807, 2.05) is 0 Å². The number of benzene rings is 2. The number of anilines is 2. The van der Waals surface area contributed by atoms with Crippen molar-refractivity contribution >= 4 is 29.0 Å². The van der Waals surface area contributed by atoms with Gasteiger partial charge in [0.2, 0.25) is 0 Å². The SMILES string of the molecule is O=C(Nc1ccc(Cl)cc1)Nc1cccc(C#CCO)c1. The van der Waals surface area contributed by atoms with Crippen LogP contribution in [-0.2, 0) is 0 Å². The zero-order valence-corrected chi connectivity index (χ0v) is 11.8. The second-order valence-electron chi connectivity index (χ2n) is 4.13. The number of carbonyl (C=O) groups is 1. The summed E-state index contributed by atoms with van der Waals surface area (Å²) in [5.74, 6) is 5.33. The van der Waals surface area contributed by atoms with Gasteiger partial charge in [0.25, 0.3) is 0 Å². The molecule has 0 spiro atoms. The van der Waals surface area contributed by atoms with Gasteiger partial charge in [-0.3, -0.25) is 0 Å². The monoisotopic (exact) mass is 300 g/mol. The molecular formula is C16H13ClN2O2. The molecular weight excluding hydrogens is 288 g/mol. The molecule has 2 aromatic rings. The van der Waals surface area contributed by atoms with E-state index in [9.17, 15) is 4.79 Å². The van der Waals surface area contributed by atoms with Gasteiger partial charge in [-0.25, -0.2) is 4.79 Å². The summed E-state index contributed by atoms with van der Waals surface area (Å²) >= 11 is 5.78. The predicted molar refractivity (Wildman–Crippen MR) is 84.5 cm³/mol. The van der Waals surface area contributed by atoms with Crippen LogP contribution in [0.1, 0.15) is 5.56 Å². The molecule has 2 amide bonds. The van der Waals surface area contributed by atoms with E-state index in [0.717, 1.165) is 0 Å². The smallest absolute Gasteiger partial charge is 0.323 e. The number of hydrogen-bond acceptors (Lipinski definition) is 2. The summed E-state index contributed by atoms with van der Waals surface area (Å²) in [6, 6.07) is 13.5. The third-order valence-electron chi connectivity index (χ3n) is 2.53. The maximum absolute atomic E-state index is 11.9. The van der Waals surface area contributed by atoms with Crippen LogP contribution in [0, 0.1) is 11.8 Å². The van der Waals surface area contributed by atoms with E-state index in [1.165, 1.54) is 0 Å². The molecule has 0 bridgehead atoms. The molecule has 5 heteroatoms. The molecule has 0 aromatic heterocycles. The zero-order chi connectivity index (χ0) is 15.1. The largest absolute Gasteiger partial charge is 0.384 e. The van der Waals surface area contributed by atoms with Crippen LogP contribution in [0.15, 0.2) is 48.5 Å². The predicted octanol–water partition coefficient (Wildman–Crippen LogP) is 3.33. The molecule has 2 rings (SSSR count). The Balaban J connectivity index is 2.00. The molecule has 0 aliphatic heterocycles. The average molecular weight is 301 g/mol. The molecule has 0 saturated heterocycles. The minimum absolute atomic E-state index is 0.200. The van der Waals surface area contributed by atoms with E-state index in [4.69, 9.17) is 16.7 Å². The summed E-state index contributed by atoms with van der Waals surface area (Å²) in [7, 11) is 0. The lowest BCUT2D eigenvalue weighted by molar-refractivity contribution is 0.262. The van der Waals surface area contributed by atoms with Crippen molar-refractivity contribution in [2.24, 2.45) is 0 Å². The van der Waals surface area contributed by atoms with Crippen molar-refractivity contribution < 1.29 is 9.90 Å². The third-order valence-corrected chi connectivity index (χ3v) is 2.79. The van der Waals surface area contributed by atoms with Gasteiger partial charge in [-0.05, 0) is 42.5 Å². The van der Waals surface area contributed by atoms with E-state index >= 15 is 0 Å². The fourth-order valence-electron chi connectivity index (χ4n) is 1.64. The van der Waals surface area contributed by atoms with Gasteiger partial charge in [0.1, 0.15) is 6.61 Å². The minimum Gasteiger partial charge on any atom is -0.384 e. The van der Waals surface area contributed by atoms with Crippen LogP contribution < -0.4 is 10.6 Å². The first kappa shape index (κ1) is 14.9. The van der Waals surface area contributed by atoms with E-state index in [-0.39, 0.29) is 12.6 Å². The molecule has 2 aromatic carbocycles. The summed E-state index contributed by atoms with van der Waals surface area (Å²) in [6.07, 6.45) is 0. The van der Waals surface area contributed by atoms with Crippen molar-refractivity contribution in [1.29, 1.82) is 0 Å². The average Bonchev–Trinajstić information content (AvgIpc) is 2.48. The number of aliphatic hydroxyl groups excluding tert-OH is 1. The molecule has 0 saturated carbocycles. The zero-order valence-electron chi connectivity index (χ0n) is 11.1. The number of urea groups is 1. The Morgan fingerprint density at radius 2 is 1.81 bits per heavy atom. The Morgan fingerprint density at radius 3 is 2.52 bits per heavy atom. The Kier molecular flexibility index (Phi) is 5.22. The maximum atomic E-state index is 11.9. The first-order valence-corrected chi connectivity index (χ1v) is 6.58. The molecule has 0 atom stereocenters. The lowest BCUT2D eigenvalue weighted by Crippen LogP contribution is -2.19. The minimum atomic E-state index is -0.357. The maximum Gasteiger partial charge on any atom is 0.323 e. The van der Waals surface area contributed by atoms with Crippen LogP contribution in [0.4, 0.5) is 16.2 Å². The van der Waals surface area contributed by atoms with Crippen molar-refractivity contribution in [2.75, 3.05) is 17.2 Å². The lowest BCUT2D eigenvalue weighted by Gasteiger charge is -2.08. The van der Waals surface area contributed by atoms with Crippen molar-refractivity contribution in [3.8, 4) is 11.8 Å². The van der Waals surface area contributed by atoms with Gasteiger partial charge in [-0.1, -0.05) is 29.5 Å². The molecule has 0 heterocycles. The summed E-state index contributed by atoms with van der Waals surface area (Å²) in [5, 5.41) is 14.7. The number of nitrogens with one attached hydrogen (secondary N) is 2. The number of hydrogen-bond donors (Lipinski definition) is 3. The van der Waals surface area contributed by atoms with Gasteiger partial charge in [-0.2, -0.15) is 0 Å². The fraction of sp³-hybridized carbons (Fsp3) is 0.0625. The third kappa shape index (κ3) is 4.84. The number of rotatable bonds is 2. The molecule has 0 fully saturated rings. The molecule has 21 heavy (non-hydrogen) atoms. The van der Waals surface area contributed by atoms with Gasteiger partial charge in [-0.15, -0.1) is 0 Å². The van der Waals surface area contributed by atoms with Gasteiger partial charge >= 0.3 is 6.03 Å². The van der Waals surface area contributed by atoms with Crippen molar-refractivity contribution in [3.63, 3.8) is 0 Å². The second-order valence-corrected chi connectivity index (χ2v) is 4.56. The molecule has 3 N–H and O–H groups in total. The molecule has 0 aliphatic rings. The number of halogens is 1. The Morgan fingerprint density at radius 1 is 1.10 bits per heavy atom. The Labute approximate surface area is 127 Å². The highest BCUT2D eigenvalue weighted by molar-refractivity contribution is 6.30. The van der Waals surface area contributed by atoms with Crippen molar-refractivity contribution in [1.82, 2.24) is 0 Å². The normalized spacial score (nSPS) is 9.43. The summed E-state index contributed by atoms with van der Waals surface area (Å²) in [4.78, 5) is 11.9. The van der Waals surface area contributed by atoms with E-state index in [1.54, 1.807) is 48.5 Å². The standard InChI is InChI=1S/C16H13ClN2O2/c17-13-6-8-14(9-7-13)18-16(21)19-15-5-1-3-12(11-15)4-2-10-20/h1,3,5-9,11,20H,10H2,(H2,18,19,21). The molecule has 0 unspecified atom stereocenters. The molecule has 0 radical (unpaired) electrons. The van der Waals surface area contributed by atoms with Gasteiger partial charge in [0, 0.05) is 22.0 Å². The fourth-order valence-corrected chi connectivity index (χ4v) is 1.77. The van der Waals surface area contributed by atoms with Crippen molar-refractivity contribution in [3.05, 3.63) is 59.1 Å². The van der Waals surface area contributed by atoms with Crippen LogP contribution in [-0.4, -0.2) is 17.7 Å². The van der Waals surface area contributed by atoms with Crippen LogP contribution >= 0.6 is 11.6 Å². The van der Waals surface area contributed by atoms with Gasteiger partial charge in [0.05, 0.1) is 0 Å². The highest BCUT2D eigenvalue weighted by Gasteiger charge is 2.02. The first-order chi connectivity index (χ1) is 10.2. The molecule has 106 valence electrons. The van der Waals surface area contributed by atoms with E-state index in [2.05, 4.69) is 22.5 Å². The Bertz CT molecular complexity index is 687. The lowest BCUT2D eigenvalue weighted by atomic mass is 10.2. The summed E-state index contributed by atoms with van der Waals surface area (Å²) < 4.78 is 0. The van der Waals surface area contributed by atoms with E-state index < -0.39 is 0 Å². The number of aliphatic hydroxyl groups is 1. The van der Waals surface area contributed by atoms with Gasteiger partial charge < -0.3 is 15.7 Å². The summed E-state index contributed by atoms with van der Waals surface area (Å²) in [6.45, 7) is -0.200. The van der Waals surface area contributed by atoms with Crippen LogP contribution in [0.3, 0.4) is 0 Å². The van der Waals surface area contributed by atoms with Crippen LogP contribution in [0.25, 0.3) is 0 Å². The van der Waals surface area contributed by atoms with E-state index in [0.29, 0.717) is 22.0 Å². The molecule has 4 nitrogen and oxygen atoms in total. The van der Waals surface area contributed by atoms with Gasteiger partial charge in [0.15, 0.2) is 0 Å². The Hall–Kier alpha value is -2.48. The highest BCUT2D eigenvalue weighted by atomic mass is 35.5. The van der Waals surface area contributed by atoms with Crippen molar-refractivity contribution in [2.45, 2.75) is 0 Å². The number of carbonyl (C=O) groups excluding carboxylic acids is 1. The van der Waals surface area contributed by atoms with Crippen LogP contribution in [0.5, 0.6) is 0 Å².